The third-order valence-electron chi connectivity index (χ3n) is 4.49. The first kappa shape index (κ1) is 18.0. The van der Waals surface area contributed by atoms with Gasteiger partial charge in [-0.2, -0.15) is 0 Å². The number of fused-ring (bicyclic) bond motifs is 1. The second-order valence-corrected chi connectivity index (χ2v) is 6.33. The van der Waals surface area contributed by atoms with Crippen LogP contribution in [0.2, 0.25) is 0 Å². The summed E-state index contributed by atoms with van der Waals surface area (Å²) in [5.74, 6) is -0.0685. The van der Waals surface area contributed by atoms with Crippen LogP contribution in [0.4, 0.5) is 4.79 Å². The Morgan fingerprint density at radius 2 is 1.81 bits per heavy atom. The average Bonchev–Trinajstić information content (AvgIpc) is 2.61. The summed E-state index contributed by atoms with van der Waals surface area (Å²) in [5, 5.41) is 0.772. The van der Waals surface area contributed by atoms with Gasteiger partial charge in [0.05, 0.1) is 13.0 Å². The molecule has 0 spiro atoms. The van der Waals surface area contributed by atoms with E-state index in [2.05, 4.69) is 0 Å². The van der Waals surface area contributed by atoms with Crippen LogP contribution in [0.1, 0.15) is 18.1 Å². The quantitative estimate of drug-likeness (QED) is 0.784. The summed E-state index contributed by atoms with van der Waals surface area (Å²) in [6.07, 6.45) is -0.216. The van der Waals surface area contributed by atoms with Crippen molar-refractivity contribution in [3.8, 4) is 0 Å². The molecule has 7 nitrogen and oxygen atoms in total. The molecule has 1 fully saturated rings. The molecular formula is C19H22N2O5. The van der Waals surface area contributed by atoms with E-state index in [1.807, 2.05) is 19.1 Å². The van der Waals surface area contributed by atoms with Gasteiger partial charge in [-0.25, -0.2) is 9.59 Å². The molecule has 2 heterocycles. The molecule has 3 rings (SSSR count). The Kier molecular flexibility index (Phi) is 5.25. The van der Waals surface area contributed by atoms with Crippen LogP contribution in [0.15, 0.2) is 33.5 Å². The molecule has 0 saturated carbocycles. The fourth-order valence-electron chi connectivity index (χ4n) is 3.11. The molecule has 1 aliphatic heterocycles. The SMILES string of the molecule is CCOC(=O)N1CCN(C(=O)Cc2cc(=O)oc3cc(C)ccc23)CC1. The van der Waals surface area contributed by atoms with Crippen LogP contribution in [0.3, 0.4) is 0 Å². The second kappa shape index (κ2) is 7.59. The number of piperazine rings is 1. The van der Waals surface area contributed by atoms with Gasteiger partial charge in [0.15, 0.2) is 0 Å². The van der Waals surface area contributed by atoms with E-state index in [9.17, 15) is 14.4 Å². The van der Waals surface area contributed by atoms with Crippen LogP contribution in [0.25, 0.3) is 11.0 Å². The van der Waals surface area contributed by atoms with Crippen LogP contribution in [-0.4, -0.2) is 54.6 Å². The molecule has 2 amide bonds. The number of hydrogen-bond donors (Lipinski definition) is 0. The zero-order valence-corrected chi connectivity index (χ0v) is 15.0. The molecule has 0 N–H and O–H groups in total. The molecule has 0 bridgehead atoms. The summed E-state index contributed by atoms with van der Waals surface area (Å²) in [6.45, 7) is 5.82. The van der Waals surface area contributed by atoms with Gasteiger partial charge in [-0.15, -0.1) is 0 Å². The average molecular weight is 358 g/mol. The summed E-state index contributed by atoms with van der Waals surface area (Å²) < 4.78 is 10.2. The van der Waals surface area contributed by atoms with E-state index in [-0.39, 0.29) is 18.4 Å². The van der Waals surface area contributed by atoms with Gasteiger partial charge in [-0.3, -0.25) is 4.79 Å². The van der Waals surface area contributed by atoms with Crippen molar-refractivity contribution in [3.63, 3.8) is 0 Å². The normalized spacial score (nSPS) is 14.5. The third-order valence-corrected chi connectivity index (χ3v) is 4.49. The molecule has 1 aliphatic rings. The second-order valence-electron chi connectivity index (χ2n) is 6.33. The van der Waals surface area contributed by atoms with Crippen LogP contribution in [-0.2, 0) is 16.0 Å². The number of rotatable bonds is 3. The maximum Gasteiger partial charge on any atom is 0.409 e. The van der Waals surface area contributed by atoms with Crippen molar-refractivity contribution in [2.75, 3.05) is 32.8 Å². The standard InChI is InChI=1S/C19H22N2O5/c1-3-25-19(24)21-8-6-20(7-9-21)17(22)11-14-12-18(23)26-16-10-13(2)4-5-15(14)16/h4-5,10,12H,3,6-9,11H2,1-2H3. The highest BCUT2D eigenvalue weighted by atomic mass is 16.6. The van der Waals surface area contributed by atoms with E-state index >= 15 is 0 Å². The largest absolute Gasteiger partial charge is 0.450 e. The Bertz CT molecular complexity index is 881. The first-order valence-corrected chi connectivity index (χ1v) is 8.71. The van der Waals surface area contributed by atoms with Crippen molar-refractivity contribution in [1.82, 2.24) is 9.80 Å². The fourth-order valence-corrected chi connectivity index (χ4v) is 3.11. The smallest absolute Gasteiger partial charge is 0.409 e. The monoisotopic (exact) mass is 358 g/mol. The van der Waals surface area contributed by atoms with Crippen molar-refractivity contribution in [3.05, 3.63) is 45.8 Å². The first-order chi connectivity index (χ1) is 12.5. The number of carbonyl (C=O) groups is 2. The lowest BCUT2D eigenvalue weighted by Gasteiger charge is -2.34. The molecule has 0 unspecified atom stereocenters. The van der Waals surface area contributed by atoms with Crippen LogP contribution >= 0.6 is 0 Å². The third kappa shape index (κ3) is 3.87. The minimum Gasteiger partial charge on any atom is -0.450 e. The van der Waals surface area contributed by atoms with Gasteiger partial charge in [0.2, 0.25) is 5.91 Å². The molecule has 0 radical (unpaired) electrons. The Labute approximate surface area is 151 Å². The van der Waals surface area contributed by atoms with E-state index < -0.39 is 5.63 Å². The lowest BCUT2D eigenvalue weighted by molar-refractivity contribution is -0.132. The Morgan fingerprint density at radius 1 is 1.12 bits per heavy atom. The minimum absolute atomic E-state index is 0.0685. The van der Waals surface area contributed by atoms with Crippen LogP contribution in [0, 0.1) is 6.92 Å². The van der Waals surface area contributed by atoms with Crippen molar-refractivity contribution >= 4 is 23.0 Å². The molecule has 1 saturated heterocycles. The summed E-state index contributed by atoms with van der Waals surface area (Å²) in [5.41, 5.74) is 1.68. The van der Waals surface area contributed by atoms with Gasteiger partial charge in [-0.1, -0.05) is 12.1 Å². The zero-order valence-electron chi connectivity index (χ0n) is 15.0. The van der Waals surface area contributed by atoms with Gasteiger partial charge in [-0.05, 0) is 31.0 Å². The number of carbonyl (C=O) groups excluding carboxylic acids is 2. The number of ether oxygens (including phenoxy) is 1. The van der Waals surface area contributed by atoms with E-state index in [1.165, 1.54) is 6.07 Å². The van der Waals surface area contributed by atoms with Crippen LogP contribution < -0.4 is 5.63 Å². The van der Waals surface area contributed by atoms with Crippen molar-refractivity contribution in [2.24, 2.45) is 0 Å². The zero-order chi connectivity index (χ0) is 18.7. The lowest BCUT2D eigenvalue weighted by Crippen LogP contribution is -2.51. The minimum atomic E-state index is -0.460. The predicted molar refractivity (Wildman–Crippen MR) is 96.1 cm³/mol. The maximum absolute atomic E-state index is 12.7. The summed E-state index contributed by atoms with van der Waals surface area (Å²) in [6, 6.07) is 6.97. The number of amides is 2. The van der Waals surface area contributed by atoms with Crippen molar-refractivity contribution in [1.29, 1.82) is 0 Å². The highest BCUT2D eigenvalue weighted by Gasteiger charge is 2.25. The molecule has 1 aromatic carbocycles. The lowest BCUT2D eigenvalue weighted by atomic mass is 10.0. The Hall–Kier alpha value is -2.83. The molecule has 2 aromatic rings. The highest BCUT2D eigenvalue weighted by molar-refractivity contribution is 5.87. The van der Waals surface area contributed by atoms with Gasteiger partial charge in [0.1, 0.15) is 5.58 Å². The number of benzene rings is 1. The van der Waals surface area contributed by atoms with Gasteiger partial charge >= 0.3 is 11.7 Å². The van der Waals surface area contributed by atoms with E-state index in [0.717, 1.165) is 10.9 Å². The molecule has 1 aromatic heterocycles. The topological polar surface area (TPSA) is 80.1 Å². The van der Waals surface area contributed by atoms with Crippen molar-refractivity contribution < 1.29 is 18.7 Å². The first-order valence-electron chi connectivity index (χ1n) is 8.71. The molecule has 7 heteroatoms. The molecule has 0 aliphatic carbocycles. The Morgan fingerprint density at radius 3 is 2.50 bits per heavy atom. The summed E-state index contributed by atoms with van der Waals surface area (Å²) >= 11 is 0. The molecule has 138 valence electrons. The van der Waals surface area contributed by atoms with E-state index in [0.29, 0.717) is 43.9 Å². The van der Waals surface area contributed by atoms with Crippen LogP contribution in [0.5, 0.6) is 0 Å². The highest BCUT2D eigenvalue weighted by Crippen LogP contribution is 2.19. The molecule has 0 atom stereocenters. The van der Waals surface area contributed by atoms with E-state index in [4.69, 9.17) is 9.15 Å². The maximum atomic E-state index is 12.7. The summed E-state index contributed by atoms with van der Waals surface area (Å²) in [4.78, 5) is 39.5. The number of nitrogens with zero attached hydrogens (tertiary/aromatic N) is 2. The molecule has 26 heavy (non-hydrogen) atoms. The summed E-state index contributed by atoms with van der Waals surface area (Å²) in [7, 11) is 0. The van der Waals surface area contributed by atoms with Gasteiger partial charge in [0.25, 0.3) is 0 Å². The predicted octanol–water partition coefficient (Wildman–Crippen LogP) is 1.94. The number of aryl methyl sites for hydroxylation is 1. The number of hydrogen-bond acceptors (Lipinski definition) is 5. The van der Waals surface area contributed by atoms with E-state index in [1.54, 1.807) is 22.8 Å². The molecular weight excluding hydrogens is 336 g/mol. The van der Waals surface area contributed by atoms with Gasteiger partial charge < -0.3 is 19.0 Å². The van der Waals surface area contributed by atoms with Crippen molar-refractivity contribution in [2.45, 2.75) is 20.3 Å². The van der Waals surface area contributed by atoms with Gasteiger partial charge in [0, 0.05) is 37.6 Å². The Balaban J connectivity index is 1.70. The fraction of sp³-hybridized carbons (Fsp3) is 0.421.